The van der Waals surface area contributed by atoms with Gasteiger partial charge in [-0.15, -0.1) is 0 Å². The lowest BCUT2D eigenvalue weighted by Gasteiger charge is -2.03. The molecule has 27 heavy (non-hydrogen) atoms. The van der Waals surface area contributed by atoms with Gasteiger partial charge in [-0.05, 0) is 37.6 Å². The molecule has 4 nitrogen and oxygen atoms in total. The number of aliphatic imine (C=N–C) groups is 1. The Morgan fingerprint density at radius 2 is 1.85 bits per heavy atom. The fourth-order valence-electron chi connectivity index (χ4n) is 3.19. The van der Waals surface area contributed by atoms with Crippen molar-refractivity contribution in [3.63, 3.8) is 0 Å². The molecule has 4 rings (SSSR count). The van der Waals surface area contributed by atoms with Gasteiger partial charge in [0.15, 0.2) is 4.80 Å². The molecule has 3 aromatic rings. The summed E-state index contributed by atoms with van der Waals surface area (Å²) in [7, 11) is 0. The second kappa shape index (κ2) is 7.37. The minimum Gasteiger partial charge on any atom is -0.493 e. The number of aromatic nitrogens is 1. The van der Waals surface area contributed by atoms with Crippen LogP contribution >= 0.6 is 11.3 Å². The van der Waals surface area contributed by atoms with Crippen molar-refractivity contribution in [1.29, 1.82) is 0 Å². The first-order valence-electron chi connectivity index (χ1n) is 9.06. The summed E-state index contributed by atoms with van der Waals surface area (Å²) in [6.45, 7) is 4.82. The Morgan fingerprint density at radius 1 is 1.11 bits per heavy atom. The number of aromatic hydroxyl groups is 1. The number of benzene rings is 2. The predicted octanol–water partition coefficient (Wildman–Crippen LogP) is 5.54. The zero-order chi connectivity index (χ0) is 18.8. The predicted molar refractivity (Wildman–Crippen MR) is 113 cm³/mol. The van der Waals surface area contributed by atoms with Gasteiger partial charge >= 0.3 is 0 Å². The first-order chi connectivity index (χ1) is 13.2. The molecule has 0 saturated heterocycles. The van der Waals surface area contributed by atoms with E-state index in [0.717, 1.165) is 50.9 Å². The largest absolute Gasteiger partial charge is 0.493 e. The third-order valence-corrected chi connectivity index (χ3v) is 5.50. The highest BCUT2D eigenvalue weighted by molar-refractivity contribution is 7.10. The molecule has 136 valence electrons. The summed E-state index contributed by atoms with van der Waals surface area (Å²) in [5, 5.41) is 10.8. The number of thiazole rings is 1. The molecule has 0 unspecified atom stereocenters. The SMILES string of the molecule is CCCn1c(O)c(C=C2C(C)=Nc3ccccc32)sc1=Nc1ccccc1. The van der Waals surface area contributed by atoms with E-state index in [1.165, 1.54) is 11.3 Å². The van der Waals surface area contributed by atoms with Gasteiger partial charge in [-0.2, -0.15) is 0 Å². The van der Waals surface area contributed by atoms with Crippen molar-refractivity contribution in [2.75, 3.05) is 0 Å². The summed E-state index contributed by atoms with van der Waals surface area (Å²) < 4.78 is 1.89. The van der Waals surface area contributed by atoms with E-state index in [9.17, 15) is 5.11 Å². The van der Waals surface area contributed by atoms with Gasteiger partial charge in [-0.1, -0.05) is 54.7 Å². The summed E-state index contributed by atoms with van der Waals surface area (Å²) in [6, 6.07) is 17.9. The van der Waals surface area contributed by atoms with Gasteiger partial charge in [0.2, 0.25) is 5.88 Å². The minimum absolute atomic E-state index is 0.265. The lowest BCUT2D eigenvalue weighted by atomic mass is 10.0. The highest BCUT2D eigenvalue weighted by atomic mass is 32.1. The third-order valence-electron chi connectivity index (χ3n) is 4.48. The van der Waals surface area contributed by atoms with E-state index >= 15 is 0 Å². The molecule has 0 radical (unpaired) electrons. The van der Waals surface area contributed by atoms with Gasteiger partial charge in [-0.3, -0.25) is 9.56 Å². The van der Waals surface area contributed by atoms with Crippen LogP contribution in [0.4, 0.5) is 11.4 Å². The maximum absolute atomic E-state index is 10.8. The van der Waals surface area contributed by atoms with E-state index in [4.69, 9.17) is 4.99 Å². The number of hydrogen-bond acceptors (Lipinski definition) is 4. The Kier molecular flexibility index (Phi) is 4.77. The molecule has 1 aromatic heterocycles. The van der Waals surface area contributed by atoms with E-state index < -0.39 is 0 Å². The Bertz CT molecular complexity index is 1100. The third kappa shape index (κ3) is 3.38. The minimum atomic E-state index is 0.265. The Hall–Kier alpha value is -2.92. The van der Waals surface area contributed by atoms with Crippen molar-refractivity contribution < 1.29 is 5.11 Å². The van der Waals surface area contributed by atoms with Gasteiger partial charge < -0.3 is 5.11 Å². The van der Waals surface area contributed by atoms with Crippen LogP contribution in [-0.4, -0.2) is 15.4 Å². The molecule has 0 atom stereocenters. The molecule has 2 heterocycles. The number of rotatable bonds is 4. The van der Waals surface area contributed by atoms with Crippen LogP contribution in [-0.2, 0) is 6.54 Å². The maximum Gasteiger partial charge on any atom is 0.211 e. The van der Waals surface area contributed by atoms with Crippen molar-refractivity contribution in [2.24, 2.45) is 9.98 Å². The molecule has 1 aliphatic heterocycles. The topological polar surface area (TPSA) is 49.9 Å². The maximum atomic E-state index is 10.8. The fraction of sp³-hybridized carbons (Fsp3) is 0.182. The van der Waals surface area contributed by atoms with Crippen LogP contribution in [0.15, 0.2) is 64.6 Å². The van der Waals surface area contributed by atoms with E-state index in [0.29, 0.717) is 0 Å². The lowest BCUT2D eigenvalue weighted by Crippen LogP contribution is -2.13. The van der Waals surface area contributed by atoms with Crippen LogP contribution in [0.5, 0.6) is 5.88 Å². The monoisotopic (exact) mass is 375 g/mol. The average molecular weight is 375 g/mol. The molecule has 0 saturated carbocycles. The first-order valence-corrected chi connectivity index (χ1v) is 9.88. The number of para-hydroxylation sites is 2. The lowest BCUT2D eigenvalue weighted by molar-refractivity contribution is 0.409. The number of fused-ring (bicyclic) bond motifs is 1. The molecule has 0 amide bonds. The van der Waals surface area contributed by atoms with Crippen LogP contribution in [0.1, 0.15) is 30.7 Å². The quantitative estimate of drug-likeness (QED) is 0.639. The summed E-state index contributed by atoms with van der Waals surface area (Å²) in [5.41, 5.74) is 4.98. The molecule has 5 heteroatoms. The van der Waals surface area contributed by atoms with Gasteiger partial charge in [0.1, 0.15) is 0 Å². The highest BCUT2D eigenvalue weighted by Gasteiger charge is 2.19. The Morgan fingerprint density at radius 3 is 2.63 bits per heavy atom. The summed E-state index contributed by atoms with van der Waals surface area (Å²) >= 11 is 1.50. The molecule has 0 bridgehead atoms. The second-order valence-electron chi connectivity index (χ2n) is 6.44. The van der Waals surface area contributed by atoms with Crippen molar-refractivity contribution in [2.45, 2.75) is 26.8 Å². The van der Waals surface area contributed by atoms with Crippen LogP contribution in [0.25, 0.3) is 11.6 Å². The van der Waals surface area contributed by atoms with Crippen molar-refractivity contribution in [3.05, 3.63) is 69.8 Å². The Balaban J connectivity index is 1.85. The highest BCUT2D eigenvalue weighted by Crippen LogP contribution is 2.37. The molecular formula is C22H21N3OS. The van der Waals surface area contributed by atoms with Crippen molar-refractivity contribution >= 4 is 40.1 Å². The van der Waals surface area contributed by atoms with E-state index in [1.54, 1.807) is 0 Å². The molecule has 1 aliphatic rings. The normalized spacial score (nSPS) is 15.3. The second-order valence-corrected chi connectivity index (χ2v) is 7.45. The van der Waals surface area contributed by atoms with Crippen LogP contribution in [0.3, 0.4) is 0 Å². The average Bonchev–Trinajstić information content (AvgIpc) is 3.15. The first kappa shape index (κ1) is 17.5. The van der Waals surface area contributed by atoms with Crippen molar-refractivity contribution in [1.82, 2.24) is 4.57 Å². The number of allylic oxidation sites excluding steroid dienone is 1. The molecule has 0 aliphatic carbocycles. The zero-order valence-corrected chi connectivity index (χ0v) is 16.2. The van der Waals surface area contributed by atoms with E-state index in [2.05, 4.69) is 18.0 Å². The van der Waals surface area contributed by atoms with Crippen LogP contribution in [0.2, 0.25) is 0 Å². The molecule has 0 spiro atoms. The smallest absolute Gasteiger partial charge is 0.211 e. The number of nitrogens with zero attached hydrogens (tertiary/aromatic N) is 3. The molecular weight excluding hydrogens is 354 g/mol. The molecule has 1 N–H and O–H groups in total. The van der Waals surface area contributed by atoms with E-state index in [1.807, 2.05) is 66.1 Å². The number of hydrogen-bond donors (Lipinski definition) is 1. The van der Waals surface area contributed by atoms with Crippen LogP contribution < -0.4 is 4.80 Å². The van der Waals surface area contributed by atoms with Crippen molar-refractivity contribution in [3.8, 4) is 5.88 Å². The molecule has 2 aromatic carbocycles. The fourth-order valence-corrected chi connectivity index (χ4v) is 4.20. The summed E-state index contributed by atoms with van der Waals surface area (Å²) in [4.78, 5) is 11.0. The zero-order valence-electron chi connectivity index (χ0n) is 15.4. The summed E-state index contributed by atoms with van der Waals surface area (Å²) in [6.07, 6.45) is 2.95. The Labute approximate surface area is 162 Å². The molecule has 0 fully saturated rings. The van der Waals surface area contributed by atoms with E-state index in [-0.39, 0.29) is 5.88 Å². The van der Waals surface area contributed by atoms with Gasteiger partial charge in [0.25, 0.3) is 0 Å². The van der Waals surface area contributed by atoms with Gasteiger partial charge in [0.05, 0.1) is 16.3 Å². The standard InChI is InChI=1S/C22H21N3OS/c1-3-13-25-21(26)20(27-22(25)24-16-9-5-4-6-10-16)14-18-15(2)23-19-12-8-7-11-17(18)19/h4-12,14,26H,3,13H2,1-2H3. The van der Waals surface area contributed by atoms with Gasteiger partial charge in [-0.25, -0.2) is 4.99 Å². The van der Waals surface area contributed by atoms with Gasteiger partial charge in [0, 0.05) is 23.4 Å². The summed E-state index contributed by atoms with van der Waals surface area (Å²) in [5.74, 6) is 0.265. The van der Waals surface area contributed by atoms with Crippen LogP contribution in [0, 0.1) is 0 Å².